The van der Waals surface area contributed by atoms with E-state index in [0.717, 1.165) is 5.57 Å². The third-order valence-corrected chi connectivity index (χ3v) is 2.50. The molecule has 120 valence electrons. The molecule has 4 heteroatoms. The zero-order chi connectivity index (χ0) is 16.5. The maximum atomic E-state index is 11.5. The normalized spacial score (nSPS) is 13.3. The van der Waals surface area contributed by atoms with Gasteiger partial charge in [0.25, 0.3) is 0 Å². The smallest absolute Gasteiger partial charge is 0.407 e. The summed E-state index contributed by atoms with van der Waals surface area (Å²) in [5, 5.41) is 6.09. The highest BCUT2D eigenvalue weighted by Crippen LogP contribution is 2.06. The summed E-state index contributed by atoms with van der Waals surface area (Å²) in [5.41, 5.74) is 1.89. The number of allylic oxidation sites excluding steroid dienone is 3. The third-order valence-electron chi connectivity index (χ3n) is 2.50. The van der Waals surface area contributed by atoms with E-state index >= 15 is 0 Å². The van der Waals surface area contributed by atoms with E-state index in [9.17, 15) is 4.79 Å². The molecule has 0 spiro atoms. The lowest BCUT2D eigenvalue weighted by Crippen LogP contribution is -2.41. The van der Waals surface area contributed by atoms with E-state index in [1.54, 1.807) is 0 Å². The summed E-state index contributed by atoms with van der Waals surface area (Å²) >= 11 is 0. The molecule has 0 heterocycles. The van der Waals surface area contributed by atoms with Gasteiger partial charge in [-0.3, -0.25) is 0 Å². The van der Waals surface area contributed by atoms with Gasteiger partial charge >= 0.3 is 6.09 Å². The van der Waals surface area contributed by atoms with Crippen LogP contribution in [0.15, 0.2) is 36.0 Å². The third kappa shape index (κ3) is 11.9. The van der Waals surface area contributed by atoms with Gasteiger partial charge < -0.3 is 15.4 Å². The molecule has 1 amide bonds. The van der Waals surface area contributed by atoms with E-state index in [2.05, 4.69) is 37.1 Å². The average Bonchev–Trinajstić information content (AvgIpc) is 2.34. The summed E-state index contributed by atoms with van der Waals surface area (Å²) in [6.07, 6.45) is 5.55. The van der Waals surface area contributed by atoms with Crippen molar-refractivity contribution in [1.29, 1.82) is 0 Å². The number of carbonyl (C=O) groups is 1. The zero-order valence-corrected chi connectivity index (χ0v) is 14.2. The number of nitrogens with one attached hydrogen (secondary N) is 2. The van der Waals surface area contributed by atoms with E-state index in [4.69, 9.17) is 4.74 Å². The molecule has 0 aliphatic heterocycles. The maximum absolute atomic E-state index is 11.5. The van der Waals surface area contributed by atoms with Crippen LogP contribution in [0.5, 0.6) is 0 Å². The second-order valence-corrected chi connectivity index (χ2v) is 6.35. The number of carbonyl (C=O) groups excluding carboxylic acids is 1. The Hall–Kier alpha value is -1.55. The quantitative estimate of drug-likeness (QED) is 0.706. The molecule has 0 saturated heterocycles. The molecule has 0 aromatic carbocycles. The van der Waals surface area contributed by atoms with Gasteiger partial charge in [-0.2, -0.15) is 0 Å². The molecular weight excluding hydrogens is 264 g/mol. The molecule has 0 aromatic heterocycles. The van der Waals surface area contributed by atoms with Gasteiger partial charge in [0, 0.05) is 19.1 Å². The standard InChI is InChI=1S/C17H30N2O2/c1-8-15(10-9-13(2)3)12-18-14(4)11-19-16(20)21-17(5,6)7/h8-10,14,18H,1,11-12H2,2-7H3,(H,19,20)/b15-10+. The van der Waals surface area contributed by atoms with Crippen LogP contribution in [0.4, 0.5) is 4.79 Å². The lowest BCUT2D eigenvalue weighted by atomic mass is 10.2. The molecule has 0 radical (unpaired) electrons. The van der Waals surface area contributed by atoms with Gasteiger partial charge in [-0.05, 0) is 47.1 Å². The molecule has 0 saturated carbocycles. The molecule has 0 aliphatic carbocycles. The first-order chi connectivity index (χ1) is 9.64. The van der Waals surface area contributed by atoms with Gasteiger partial charge in [-0.25, -0.2) is 4.79 Å². The van der Waals surface area contributed by atoms with Gasteiger partial charge in [0.1, 0.15) is 5.60 Å². The Morgan fingerprint density at radius 1 is 1.29 bits per heavy atom. The van der Waals surface area contributed by atoms with Crippen LogP contribution in [0, 0.1) is 0 Å². The second-order valence-electron chi connectivity index (χ2n) is 6.35. The topological polar surface area (TPSA) is 50.4 Å². The average molecular weight is 294 g/mol. The van der Waals surface area contributed by atoms with Crippen molar-refractivity contribution in [3.63, 3.8) is 0 Å². The van der Waals surface area contributed by atoms with Crippen LogP contribution in [0.2, 0.25) is 0 Å². The van der Waals surface area contributed by atoms with E-state index in [-0.39, 0.29) is 12.1 Å². The summed E-state index contributed by atoms with van der Waals surface area (Å²) in [7, 11) is 0. The molecule has 0 rings (SSSR count). The lowest BCUT2D eigenvalue weighted by molar-refractivity contribution is 0.0523. The van der Waals surface area contributed by atoms with Gasteiger partial charge in [0.2, 0.25) is 0 Å². The molecule has 0 bridgehead atoms. The van der Waals surface area contributed by atoms with Crippen molar-refractivity contribution >= 4 is 6.09 Å². The van der Waals surface area contributed by atoms with Crippen molar-refractivity contribution < 1.29 is 9.53 Å². The van der Waals surface area contributed by atoms with E-state index < -0.39 is 5.60 Å². The molecule has 2 N–H and O–H groups in total. The predicted molar refractivity (Wildman–Crippen MR) is 89.4 cm³/mol. The predicted octanol–water partition coefficient (Wildman–Crippen LogP) is 3.57. The van der Waals surface area contributed by atoms with Crippen LogP contribution in [0.1, 0.15) is 41.5 Å². The molecular formula is C17H30N2O2. The van der Waals surface area contributed by atoms with Gasteiger partial charge in [0.15, 0.2) is 0 Å². The zero-order valence-electron chi connectivity index (χ0n) is 14.2. The number of hydrogen-bond donors (Lipinski definition) is 2. The second kappa shape index (κ2) is 9.40. The van der Waals surface area contributed by atoms with E-state index in [1.807, 2.05) is 39.8 Å². The van der Waals surface area contributed by atoms with Crippen LogP contribution in [0.25, 0.3) is 0 Å². The first-order valence-corrected chi connectivity index (χ1v) is 7.30. The SMILES string of the molecule is C=C/C(=C\C=C(C)C)CNC(C)CNC(=O)OC(C)(C)C. The van der Waals surface area contributed by atoms with Crippen LogP contribution in [0.3, 0.4) is 0 Å². The van der Waals surface area contributed by atoms with Gasteiger partial charge in [-0.15, -0.1) is 0 Å². The van der Waals surface area contributed by atoms with Crippen LogP contribution >= 0.6 is 0 Å². The minimum absolute atomic E-state index is 0.146. The molecule has 21 heavy (non-hydrogen) atoms. The number of hydrogen-bond acceptors (Lipinski definition) is 3. The van der Waals surface area contributed by atoms with Crippen molar-refractivity contribution in [3.05, 3.63) is 36.0 Å². The largest absolute Gasteiger partial charge is 0.444 e. The molecule has 0 aliphatic rings. The Balaban J connectivity index is 4.12. The van der Waals surface area contributed by atoms with Gasteiger partial charge in [-0.1, -0.05) is 30.4 Å². The van der Waals surface area contributed by atoms with Crippen molar-refractivity contribution in [2.75, 3.05) is 13.1 Å². The molecule has 0 aromatic rings. The highest BCUT2D eigenvalue weighted by Gasteiger charge is 2.16. The molecule has 0 fully saturated rings. The van der Waals surface area contributed by atoms with E-state index in [1.165, 1.54) is 5.57 Å². The number of ether oxygens (including phenoxy) is 1. The molecule has 1 atom stereocenters. The van der Waals surface area contributed by atoms with Crippen LogP contribution < -0.4 is 10.6 Å². The Morgan fingerprint density at radius 3 is 2.38 bits per heavy atom. The van der Waals surface area contributed by atoms with Crippen LogP contribution in [-0.2, 0) is 4.74 Å². The van der Waals surface area contributed by atoms with Crippen molar-refractivity contribution in [2.45, 2.75) is 53.2 Å². The Bertz CT molecular complexity index is 400. The number of rotatable bonds is 7. The summed E-state index contributed by atoms with van der Waals surface area (Å²) in [6.45, 7) is 16.7. The fraction of sp³-hybridized carbons (Fsp3) is 0.588. The minimum Gasteiger partial charge on any atom is -0.444 e. The monoisotopic (exact) mass is 294 g/mol. The molecule has 1 unspecified atom stereocenters. The summed E-state index contributed by atoms with van der Waals surface area (Å²) in [4.78, 5) is 11.5. The van der Waals surface area contributed by atoms with E-state index in [0.29, 0.717) is 13.1 Å². The first-order valence-electron chi connectivity index (χ1n) is 7.30. The Kier molecular flexibility index (Phi) is 8.70. The number of amides is 1. The van der Waals surface area contributed by atoms with Crippen LogP contribution in [-0.4, -0.2) is 30.8 Å². The van der Waals surface area contributed by atoms with Crippen molar-refractivity contribution in [1.82, 2.24) is 10.6 Å². The minimum atomic E-state index is -0.468. The molecule has 4 nitrogen and oxygen atoms in total. The summed E-state index contributed by atoms with van der Waals surface area (Å²) in [5.74, 6) is 0. The first kappa shape index (κ1) is 19.4. The van der Waals surface area contributed by atoms with Crippen molar-refractivity contribution in [3.8, 4) is 0 Å². The Morgan fingerprint density at radius 2 is 1.90 bits per heavy atom. The highest BCUT2D eigenvalue weighted by molar-refractivity contribution is 5.67. The fourth-order valence-corrected chi connectivity index (χ4v) is 1.39. The van der Waals surface area contributed by atoms with Gasteiger partial charge in [0.05, 0.1) is 0 Å². The Labute approximate surface area is 129 Å². The summed E-state index contributed by atoms with van der Waals surface area (Å²) in [6, 6.07) is 0.146. The van der Waals surface area contributed by atoms with Crippen molar-refractivity contribution in [2.24, 2.45) is 0 Å². The maximum Gasteiger partial charge on any atom is 0.407 e. The summed E-state index contributed by atoms with van der Waals surface area (Å²) < 4.78 is 5.19. The highest BCUT2D eigenvalue weighted by atomic mass is 16.6. The fourth-order valence-electron chi connectivity index (χ4n) is 1.39. The number of alkyl carbamates (subject to hydrolysis) is 1. The lowest BCUT2D eigenvalue weighted by Gasteiger charge is -2.21.